The number of rotatable bonds is 4. The van der Waals surface area contributed by atoms with E-state index in [0.29, 0.717) is 6.61 Å². The Kier molecular flexibility index (Phi) is 3.70. The van der Waals surface area contributed by atoms with Crippen LogP contribution in [0.4, 0.5) is 5.69 Å². The smallest absolute Gasteiger partial charge is 0.349 e. The van der Waals surface area contributed by atoms with Crippen molar-refractivity contribution in [3.05, 3.63) is 21.6 Å². The maximum atomic E-state index is 10.7. The molecule has 0 aliphatic carbocycles. The van der Waals surface area contributed by atoms with Gasteiger partial charge in [-0.25, -0.2) is 4.98 Å². The summed E-state index contributed by atoms with van der Waals surface area (Å²) in [5.41, 5.74) is -0.299. The minimum absolute atomic E-state index is 0.0386. The molecule has 1 saturated heterocycles. The van der Waals surface area contributed by atoms with Crippen LogP contribution in [0.2, 0.25) is 5.28 Å². The van der Waals surface area contributed by atoms with Crippen molar-refractivity contribution in [2.45, 2.75) is 18.9 Å². The summed E-state index contributed by atoms with van der Waals surface area (Å²) in [4.78, 5) is 17.3. The molecule has 1 aromatic heterocycles. The van der Waals surface area contributed by atoms with Gasteiger partial charge in [-0.2, -0.15) is 4.98 Å². The Morgan fingerprint density at radius 1 is 1.71 bits per heavy atom. The molecule has 92 valence electrons. The molecule has 1 aliphatic heterocycles. The molecule has 0 bridgehead atoms. The highest BCUT2D eigenvalue weighted by molar-refractivity contribution is 6.28. The van der Waals surface area contributed by atoms with Gasteiger partial charge in [-0.1, -0.05) is 0 Å². The number of hydrogen-bond acceptors (Lipinski definition) is 6. The van der Waals surface area contributed by atoms with Crippen molar-refractivity contribution >= 4 is 17.3 Å². The third-order valence-corrected chi connectivity index (χ3v) is 2.52. The lowest BCUT2D eigenvalue weighted by atomic mass is 10.2. The minimum Gasteiger partial charge on any atom is -0.470 e. The monoisotopic (exact) mass is 259 g/mol. The van der Waals surface area contributed by atoms with E-state index in [2.05, 4.69) is 9.97 Å². The van der Waals surface area contributed by atoms with E-state index in [-0.39, 0.29) is 29.6 Å². The van der Waals surface area contributed by atoms with E-state index in [1.165, 1.54) is 0 Å². The van der Waals surface area contributed by atoms with Crippen LogP contribution < -0.4 is 4.74 Å². The van der Waals surface area contributed by atoms with Crippen LogP contribution in [0.1, 0.15) is 12.8 Å². The Balaban J connectivity index is 2.07. The van der Waals surface area contributed by atoms with Gasteiger partial charge in [-0.15, -0.1) is 0 Å². The first-order valence-electron chi connectivity index (χ1n) is 5.08. The van der Waals surface area contributed by atoms with E-state index >= 15 is 0 Å². The summed E-state index contributed by atoms with van der Waals surface area (Å²) in [7, 11) is 0. The van der Waals surface area contributed by atoms with Crippen molar-refractivity contribution in [3.8, 4) is 5.88 Å². The van der Waals surface area contributed by atoms with Gasteiger partial charge in [0.15, 0.2) is 0 Å². The molecular weight excluding hydrogens is 250 g/mol. The van der Waals surface area contributed by atoms with Gasteiger partial charge in [-0.3, -0.25) is 10.1 Å². The lowest BCUT2D eigenvalue weighted by Gasteiger charge is -2.10. The maximum Gasteiger partial charge on any atom is 0.349 e. The highest BCUT2D eigenvalue weighted by Gasteiger charge is 2.22. The van der Waals surface area contributed by atoms with Crippen LogP contribution in [0.5, 0.6) is 5.88 Å². The van der Waals surface area contributed by atoms with Crippen LogP contribution in [-0.4, -0.2) is 34.2 Å². The number of hydrogen-bond donors (Lipinski definition) is 0. The van der Waals surface area contributed by atoms with E-state index in [9.17, 15) is 10.1 Å². The van der Waals surface area contributed by atoms with Gasteiger partial charge in [0.05, 0.1) is 11.0 Å². The molecule has 1 fully saturated rings. The number of ether oxygens (including phenoxy) is 2. The zero-order chi connectivity index (χ0) is 12.3. The van der Waals surface area contributed by atoms with E-state index in [0.717, 1.165) is 19.0 Å². The fourth-order valence-electron chi connectivity index (χ4n) is 1.52. The standard InChI is InChI=1S/C9H10ClN3O4/c10-9-11-4-7(13(14)15)8(12-9)17-5-6-2-1-3-16-6/h4,6H,1-3,5H2. The molecular formula is C9H10ClN3O4. The molecule has 1 aliphatic rings. The summed E-state index contributed by atoms with van der Waals surface area (Å²) < 4.78 is 10.6. The molecule has 2 rings (SSSR count). The molecule has 0 radical (unpaired) electrons. The number of nitrogens with zero attached hydrogens (tertiary/aromatic N) is 3. The van der Waals surface area contributed by atoms with Gasteiger partial charge >= 0.3 is 5.69 Å². The lowest BCUT2D eigenvalue weighted by Crippen LogP contribution is -2.17. The summed E-state index contributed by atoms with van der Waals surface area (Å²) >= 11 is 5.56. The SMILES string of the molecule is O=[N+]([O-])c1cnc(Cl)nc1OCC1CCCO1. The minimum atomic E-state index is -0.610. The molecule has 0 saturated carbocycles. The first-order valence-corrected chi connectivity index (χ1v) is 5.46. The van der Waals surface area contributed by atoms with Gasteiger partial charge in [-0.05, 0) is 24.4 Å². The predicted octanol–water partition coefficient (Wildman–Crippen LogP) is 1.60. The van der Waals surface area contributed by atoms with Gasteiger partial charge in [0.25, 0.3) is 5.88 Å². The molecule has 1 unspecified atom stereocenters. The zero-order valence-electron chi connectivity index (χ0n) is 8.84. The summed E-state index contributed by atoms with van der Waals surface area (Å²) in [6.07, 6.45) is 2.84. The molecule has 8 heteroatoms. The Hall–Kier alpha value is -1.47. The quantitative estimate of drug-likeness (QED) is 0.464. The lowest BCUT2D eigenvalue weighted by molar-refractivity contribution is -0.386. The highest BCUT2D eigenvalue weighted by atomic mass is 35.5. The van der Waals surface area contributed by atoms with Crippen LogP contribution in [0.3, 0.4) is 0 Å². The van der Waals surface area contributed by atoms with Crippen LogP contribution in [0.25, 0.3) is 0 Å². The van der Waals surface area contributed by atoms with Crippen molar-refractivity contribution in [2.24, 2.45) is 0 Å². The summed E-state index contributed by atoms with van der Waals surface area (Å²) in [6, 6.07) is 0. The van der Waals surface area contributed by atoms with E-state index < -0.39 is 4.92 Å². The van der Waals surface area contributed by atoms with Gasteiger partial charge in [0.2, 0.25) is 5.28 Å². The fourth-order valence-corrected chi connectivity index (χ4v) is 1.64. The summed E-state index contributed by atoms with van der Waals surface area (Å²) in [6.45, 7) is 0.925. The van der Waals surface area contributed by atoms with Crippen LogP contribution in [-0.2, 0) is 4.74 Å². The number of nitro groups is 1. The fraction of sp³-hybridized carbons (Fsp3) is 0.556. The van der Waals surface area contributed by atoms with Gasteiger partial charge in [0, 0.05) is 6.61 Å². The number of aromatic nitrogens is 2. The molecule has 17 heavy (non-hydrogen) atoms. The molecule has 0 spiro atoms. The van der Waals surface area contributed by atoms with Crippen molar-refractivity contribution in [1.29, 1.82) is 0 Å². The first-order chi connectivity index (χ1) is 8.16. The van der Waals surface area contributed by atoms with Crippen LogP contribution in [0.15, 0.2) is 6.20 Å². The molecule has 7 nitrogen and oxygen atoms in total. The Labute approximate surface area is 102 Å². The van der Waals surface area contributed by atoms with E-state index in [4.69, 9.17) is 21.1 Å². The van der Waals surface area contributed by atoms with Crippen molar-refractivity contribution in [3.63, 3.8) is 0 Å². The van der Waals surface area contributed by atoms with Crippen molar-refractivity contribution < 1.29 is 14.4 Å². The molecule has 2 heterocycles. The van der Waals surface area contributed by atoms with E-state index in [1.807, 2.05) is 0 Å². The van der Waals surface area contributed by atoms with Crippen LogP contribution in [0, 0.1) is 10.1 Å². The predicted molar refractivity (Wildman–Crippen MR) is 58.2 cm³/mol. The van der Waals surface area contributed by atoms with Crippen molar-refractivity contribution in [1.82, 2.24) is 9.97 Å². The van der Waals surface area contributed by atoms with Gasteiger partial charge < -0.3 is 9.47 Å². The molecule has 1 aromatic rings. The number of halogens is 1. The molecule has 0 N–H and O–H groups in total. The average molecular weight is 260 g/mol. The Bertz CT molecular complexity index is 423. The highest BCUT2D eigenvalue weighted by Crippen LogP contribution is 2.25. The Morgan fingerprint density at radius 2 is 2.53 bits per heavy atom. The first kappa shape index (κ1) is 12.0. The second kappa shape index (κ2) is 5.24. The Morgan fingerprint density at radius 3 is 3.18 bits per heavy atom. The third-order valence-electron chi connectivity index (χ3n) is 2.33. The summed E-state index contributed by atoms with van der Waals surface area (Å²) in [5, 5.41) is 10.6. The second-order valence-electron chi connectivity index (χ2n) is 3.53. The largest absolute Gasteiger partial charge is 0.470 e. The molecule has 1 atom stereocenters. The molecule has 0 amide bonds. The van der Waals surface area contributed by atoms with Crippen LogP contribution >= 0.6 is 11.6 Å². The average Bonchev–Trinajstić information content (AvgIpc) is 2.78. The summed E-state index contributed by atoms with van der Waals surface area (Å²) in [5.74, 6) is -0.120. The second-order valence-corrected chi connectivity index (χ2v) is 3.87. The maximum absolute atomic E-state index is 10.7. The molecule has 0 aromatic carbocycles. The van der Waals surface area contributed by atoms with E-state index in [1.54, 1.807) is 0 Å². The van der Waals surface area contributed by atoms with Gasteiger partial charge in [0.1, 0.15) is 12.8 Å². The zero-order valence-corrected chi connectivity index (χ0v) is 9.59. The van der Waals surface area contributed by atoms with Crippen molar-refractivity contribution in [2.75, 3.05) is 13.2 Å². The third kappa shape index (κ3) is 3.01. The normalized spacial score (nSPS) is 19.2. The topological polar surface area (TPSA) is 87.4 Å².